The topological polar surface area (TPSA) is 85.8 Å². The van der Waals surface area contributed by atoms with Crippen molar-refractivity contribution in [2.45, 2.75) is 11.8 Å². The van der Waals surface area contributed by atoms with Crippen LogP contribution in [0.1, 0.15) is 15.9 Å². The summed E-state index contributed by atoms with van der Waals surface area (Å²) in [6, 6.07) is 13.5. The molecule has 3 aromatic rings. The van der Waals surface area contributed by atoms with E-state index in [1.165, 1.54) is 10.4 Å². The molecule has 0 amide bonds. The van der Waals surface area contributed by atoms with E-state index >= 15 is 0 Å². The van der Waals surface area contributed by atoms with E-state index in [0.717, 1.165) is 5.39 Å². The van der Waals surface area contributed by atoms with Crippen LogP contribution in [0.5, 0.6) is 5.75 Å². The van der Waals surface area contributed by atoms with E-state index in [9.17, 15) is 13.2 Å². The highest BCUT2D eigenvalue weighted by Gasteiger charge is 2.28. The summed E-state index contributed by atoms with van der Waals surface area (Å²) in [5.74, 6) is -0.312. The van der Waals surface area contributed by atoms with E-state index in [1.54, 1.807) is 43.5 Å². The highest BCUT2D eigenvalue weighted by Crippen LogP contribution is 2.26. The number of morpholine rings is 1. The zero-order chi connectivity index (χ0) is 20.4. The van der Waals surface area contributed by atoms with E-state index in [1.807, 2.05) is 12.1 Å². The molecule has 1 aliphatic rings. The van der Waals surface area contributed by atoms with E-state index < -0.39 is 16.0 Å². The molecule has 2 aromatic carbocycles. The van der Waals surface area contributed by atoms with Gasteiger partial charge in [0, 0.05) is 24.7 Å². The molecule has 0 unspecified atom stereocenters. The van der Waals surface area contributed by atoms with E-state index in [0.29, 0.717) is 30.0 Å². The molecule has 1 saturated heterocycles. The van der Waals surface area contributed by atoms with Crippen LogP contribution in [-0.4, -0.2) is 50.0 Å². The predicted molar refractivity (Wildman–Crippen MR) is 107 cm³/mol. The van der Waals surface area contributed by atoms with Crippen molar-refractivity contribution in [3.63, 3.8) is 0 Å². The Balaban J connectivity index is 1.65. The quantitative estimate of drug-likeness (QED) is 0.484. The molecular formula is C21H20N2O5S. The minimum Gasteiger partial charge on any atom is -0.421 e. The number of pyridine rings is 1. The number of ether oxygens (including phenoxy) is 2. The van der Waals surface area contributed by atoms with Crippen molar-refractivity contribution >= 4 is 26.9 Å². The minimum absolute atomic E-state index is 0.102. The number of esters is 1. The third-order valence-electron chi connectivity index (χ3n) is 4.81. The Labute approximate surface area is 168 Å². The number of hydrogen-bond donors (Lipinski definition) is 0. The lowest BCUT2D eigenvalue weighted by molar-refractivity contribution is 0.0727. The molecule has 0 atom stereocenters. The first-order chi connectivity index (χ1) is 14.0. The first kappa shape index (κ1) is 19.5. The number of nitrogens with zero attached hydrogens (tertiary/aromatic N) is 2. The zero-order valence-electron chi connectivity index (χ0n) is 15.9. The molecule has 0 bridgehead atoms. The Hall–Kier alpha value is -2.81. The van der Waals surface area contributed by atoms with Crippen LogP contribution in [0.25, 0.3) is 10.9 Å². The molecule has 1 aromatic heterocycles. The molecular weight excluding hydrogens is 392 g/mol. The number of carbonyl (C=O) groups is 1. The van der Waals surface area contributed by atoms with Gasteiger partial charge in [-0.25, -0.2) is 13.2 Å². The maximum Gasteiger partial charge on any atom is 0.343 e. The van der Waals surface area contributed by atoms with Gasteiger partial charge >= 0.3 is 5.97 Å². The lowest BCUT2D eigenvalue weighted by Crippen LogP contribution is -2.40. The van der Waals surface area contributed by atoms with Crippen molar-refractivity contribution in [2.75, 3.05) is 26.3 Å². The number of carbonyl (C=O) groups excluding carboxylic acids is 1. The van der Waals surface area contributed by atoms with Crippen LogP contribution in [0, 0.1) is 6.92 Å². The number of para-hydroxylation sites is 1. The van der Waals surface area contributed by atoms with Crippen molar-refractivity contribution in [2.24, 2.45) is 0 Å². The van der Waals surface area contributed by atoms with Crippen molar-refractivity contribution in [3.8, 4) is 5.75 Å². The third-order valence-corrected chi connectivity index (χ3v) is 6.85. The Morgan fingerprint density at radius 1 is 1.10 bits per heavy atom. The highest BCUT2D eigenvalue weighted by molar-refractivity contribution is 7.89. The Morgan fingerprint density at radius 3 is 2.66 bits per heavy atom. The Bertz CT molecular complexity index is 1170. The van der Waals surface area contributed by atoms with Crippen LogP contribution in [-0.2, 0) is 14.8 Å². The number of aryl methyl sites for hydroxylation is 1. The normalized spacial score (nSPS) is 15.3. The van der Waals surface area contributed by atoms with Crippen LogP contribution in [0.4, 0.5) is 0 Å². The van der Waals surface area contributed by atoms with Gasteiger partial charge in [-0.3, -0.25) is 4.98 Å². The monoisotopic (exact) mass is 412 g/mol. The summed E-state index contributed by atoms with van der Waals surface area (Å²) >= 11 is 0. The molecule has 7 nitrogen and oxygen atoms in total. The molecule has 0 radical (unpaired) electrons. The smallest absolute Gasteiger partial charge is 0.343 e. The summed E-state index contributed by atoms with van der Waals surface area (Å²) in [5.41, 5.74) is 1.30. The molecule has 4 rings (SSSR count). The van der Waals surface area contributed by atoms with Crippen molar-refractivity contribution < 1.29 is 22.7 Å². The van der Waals surface area contributed by atoms with Gasteiger partial charge in [0.05, 0.1) is 23.7 Å². The molecule has 2 heterocycles. The highest BCUT2D eigenvalue weighted by atomic mass is 32.2. The van der Waals surface area contributed by atoms with E-state index in [-0.39, 0.29) is 23.5 Å². The van der Waals surface area contributed by atoms with Gasteiger partial charge in [-0.15, -0.1) is 0 Å². The average molecular weight is 412 g/mol. The molecule has 29 heavy (non-hydrogen) atoms. The zero-order valence-corrected chi connectivity index (χ0v) is 16.7. The maximum atomic E-state index is 13.0. The average Bonchev–Trinajstić information content (AvgIpc) is 2.75. The molecule has 8 heteroatoms. The fourth-order valence-corrected chi connectivity index (χ4v) is 4.91. The Kier molecular flexibility index (Phi) is 5.31. The lowest BCUT2D eigenvalue weighted by atomic mass is 10.1. The van der Waals surface area contributed by atoms with Crippen LogP contribution < -0.4 is 4.74 Å². The summed E-state index contributed by atoms with van der Waals surface area (Å²) in [4.78, 5) is 17.1. The number of fused-ring (bicyclic) bond motifs is 1. The fourth-order valence-electron chi connectivity index (χ4n) is 3.25. The first-order valence-electron chi connectivity index (χ1n) is 9.21. The first-order valence-corrected chi connectivity index (χ1v) is 10.7. The predicted octanol–water partition coefficient (Wildman–Crippen LogP) is 2.78. The third kappa shape index (κ3) is 3.87. The van der Waals surface area contributed by atoms with Crippen molar-refractivity contribution in [3.05, 3.63) is 65.9 Å². The number of benzene rings is 2. The largest absolute Gasteiger partial charge is 0.421 e. The molecule has 1 fully saturated rings. The van der Waals surface area contributed by atoms with Gasteiger partial charge in [-0.05, 0) is 36.8 Å². The molecule has 150 valence electrons. The van der Waals surface area contributed by atoms with Crippen molar-refractivity contribution in [1.29, 1.82) is 0 Å². The maximum absolute atomic E-state index is 13.0. The van der Waals surface area contributed by atoms with Crippen LogP contribution in [0.15, 0.2) is 59.6 Å². The molecule has 0 aliphatic carbocycles. The van der Waals surface area contributed by atoms with Crippen molar-refractivity contribution in [1.82, 2.24) is 9.29 Å². The fraction of sp³-hybridized carbons (Fsp3) is 0.238. The number of sulfonamides is 1. The molecule has 0 spiro atoms. The second-order valence-corrected chi connectivity index (χ2v) is 8.62. The van der Waals surface area contributed by atoms with Crippen LogP contribution >= 0.6 is 0 Å². The number of rotatable bonds is 4. The molecule has 0 N–H and O–H groups in total. The summed E-state index contributed by atoms with van der Waals surface area (Å²) in [6.07, 6.45) is 1.62. The summed E-state index contributed by atoms with van der Waals surface area (Å²) in [6.45, 7) is 3.00. The molecule has 0 saturated carbocycles. The number of aromatic nitrogens is 1. The number of hydrogen-bond acceptors (Lipinski definition) is 6. The van der Waals surface area contributed by atoms with E-state index in [2.05, 4.69) is 4.98 Å². The standard InChI is InChI=1S/C21H20N2O5S/c1-15-7-8-17(14-19(15)29(25,26)23-10-12-27-13-11-23)21(24)28-18-6-2-4-16-5-3-9-22-20(16)18/h2-9,14H,10-13H2,1H3. The van der Waals surface area contributed by atoms with Gasteiger partial charge < -0.3 is 9.47 Å². The Morgan fingerprint density at radius 2 is 1.86 bits per heavy atom. The van der Waals surface area contributed by atoms with Gasteiger partial charge in [-0.2, -0.15) is 4.31 Å². The lowest BCUT2D eigenvalue weighted by Gasteiger charge is -2.26. The molecule has 1 aliphatic heterocycles. The van der Waals surface area contributed by atoms with Crippen LogP contribution in [0.3, 0.4) is 0 Å². The summed E-state index contributed by atoms with van der Waals surface area (Å²) in [5, 5.41) is 0.845. The van der Waals surface area contributed by atoms with Gasteiger partial charge in [0.15, 0.2) is 5.75 Å². The second-order valence-electron chi connectivity index (χ2n) is 6.72. The van der Waals surface area contributed by atoms with Crippen LogP contribution in [0.2, 0.25) is 0 Å². The summed E-state index contributed by atoms with van der Waals surface area (Å²) < 4.78 is 38.2. The van der Waals surface area contributed by atoms with Gasteiger partial charge in [0.25, 0.3) is 0 Å². The van der Waals surface area contributed by atoms with Gasteiger partial charge in [0.1, 0.15) is 5.52 Å². The minimum atomic E-state index is -3.72. The van der Waals surface area contributed by atoms with Gasteiger partial charge in [-0.1, -0.05) is 24.3 Å². The second kappa shape index (κ2) is 7.90. The SMILES string of the molecule is Cc1ccc(C(=O)Oc2cccc3cccnc23)cc1S(=O)(=O)N1CCOCC1. The van der Waals surface area contributed by atoms with Gasteiger partial charge in [0.2, 0.25) is 10.0 Å². The van der Waals surface area contributed by atoms with E-state index in [4.69, 9.17) is 9.47 Å². The summed E-state index contributed by atoms with van der Waals surface area (Å²) in [7, 11) is -3.72.